The molecule has 0 aliphatic carbocycles. The van der Waals surface area contributed by atoms with E-state index in [-0.39, 0.29) is 10.8 Å². The number of benzene rings is 2. The van der Waals surface area contributed by atoms with Gasteiger partial charge in [-0.15, -0.1) is 0 Å². The number of hydrogen-bond acceptors (Lipinski definition) is 4. The maximum absolute atomic E-state index is 13.1. The number of aromatic nitrogens is 2. The highest BCUT2D eigenvalue weighted by Gasteiger charge is 2.24. The SMILES string of the molecule is CCN(CC)S(=O)(=O)c1cc(C)c(C)c(NC(=O)c2cnn(-c3cccc(Cl)c3)c2C)c1. The van der Waals surface area contributed by atoms with E-state index in [0.717, 1.165) is 16.8 Å². The Morgan fingerprint density at radius 3 is 2.44 bits per heavy atom. The van der Waals surface area contributed by atoms with E-state index < -0.39 is 10.0 Å². The molecule has 1 N–H and O–H groups in total. The Labute approximate surface area is 194 Å². The second-order valence-corrected chi connectivity index (χ2v) is 9.87. The van der Waals surface area contributed by atoms with Crippen molar-refractivity contribution in [1.82, 2.24) is 14.1 Å². The fourth-order valence-electron chi connectivity index (χ4n) is 3.51. The number of carbonyl (C=O) groups is 1. The third kappa shape index (κ3) is 4.57. The molecule has 3 aromatic rings. The van der Waals surface area contributed by atoms with E-state index in [2.05, 4.69) is 10.4 Å². The van der Waals surface area contributed by atoms with Gasteiger partial charge < -0.3 is 5.32 Å². The summed E-state index contributed by atoms with van der Waals surface area (Å²) in [5.41, 5.74) is 3.81. The summed E-state index contributed by atoms with van der Waals surface area (Å²) in [5, 5.41) is 7.77. The van der Waals surface area contributed by atoms with Gasteiger partial charge in [-0.2, -0.15) is 9.40 Å². The molecule has 3 rings (SSSR count). The molecule has 2 aromatic carbocycles. The van der Waals surface area contributed by atoms with E-state index in [0.29, 0.717) is 35.1 Å². The summed E-state index contributed by atoms with van der Waals surface area (Å²) >= 11 is 6.08. The molecular formula is C23H27ClN4O3S. The zero-order chi connectivity index (χ0) is 23.6. The monoisotopic (exact) mass is 474 g/mol. The van der Waals surface area contributed by atoms with E-state index in [1.807, 2.05) is 26.0 Å². The van der Waals surface area contributed by atoms with Crippen molar-refractivity contribution in [3.63, 3.8) is 0 Å². The Bertz CT molecular complexity index is 1260. The largest absolute Gasteiger partial charge is 0.322 e. The molecule has 0 aliphatic rings. The highest BCUT2D eigenvalue weighted by atomic mass is 35.5. The number of halogens is 1. The van der Waals surface area contributed by atoms with Gasteiger partial charge in [-0.05, 0) is 62.2 Å². The fraction of sp³-hybridized carbons (Fsp3) is 0.304. The summed E-state index contributed by atoms with van der Waals surface area (Å²) in [4.78, 5) is 13.2. The lowest BCUT2D eigenvalue weighted by Crippen LogP contribution is -2.30. The van der Waals surface area contributed by atoms with Crippen LogP contribution in [0.25, 0.3) is 5.69 Å². The Morgan fingerprint density at radius 1 is 1.12 bits per heavy atom. The maximum Gasteiger partial charge on any atom is 0.259 e. The van der Waals surface area contributed by atoms with Gasteiger partial charge in [-0.25, -0.2) is 13.1 Å². The number of hydrogen-bond donors (Lipinski definition) is 1. The van der Waals surface area contributed by atoms with Crippen molar-refractivity contribution in [1.29, 1.82) is 0 Å². The van der Waals surface area contributed by atoms with Crippen molar-refractivity contribution in [2.24, 2.45) is 0 Å². The minimum Gasteiger partial charge on any atom is -0.322 e. The van der Waals surface area contributed by atoms with Crippen LogP contribution >= 0.6 is 11.6 Å². The third-order valence-electron chi connectivity index (χ3n) is 5.54. The smallest absolute Gasteiger partial charge is 0.259 e. The molecular weight excluding hydrogens is 448 g/mol. The Balaban J connectivity index is 1.96. The lowest BCUT2D eigenvalue weighted by molar-refractivity contribution is 0.102. The molecule has 0 unspecified atom stereocenters. The van der Waals surface area contributed by atoms with E-state index in [1.54, 1.807) is 43.7 Å². The lowest BCUT2D eigenvalue weighted by atomic mass is 10.1. The molecule has 0 bridgehead atoms. The molecule has 1 aromatic heterocycles. The van der Waals surface area contributed by atoms with Gasteiger partial charge in [0.25, 0.3) is 5.91 Å². The van der Waals surface area contributed by atoms with Crippen molar-refractivity contribution in [3.05, 3.63) is 70.0 Å². The van der Waals surface area contributed by atoms with Crippen molar-refractivity contribution in [2.75, 3.05) is 18.4 Å². The van der Waals surface area contributed by atoms with Crippen LogP contribution in [0.4, 0.5) is 5.69 Å². The van der Waals surface area contributed by atoms with Gasteiger partial charge in [0.1, 0.15) is 0 Å². The average Bonchev–Trinajstić information content (AvgIpc) is 3.13. The average molecular weight is 475 g/mol. The molecule has 7 nitrogen and oxygen atoms in total. The van der Waals surface area contributed by atoms with Crippen LogP contribution in [0.15, 0.2) is 47.5 Å². The van der Waals surface area contributed by atoms with Crippen molar-refractivity contribution in [2.45, 2.75) is 39.5 Å². The summed E-state index contributed by atoms with van der Waals surface area (Å²) in [6, 6.07) is 10.3. The number of anilines is 1. The predicted octanol–water partition coefficient (Wildman–Crippen LogP) is 4.73. The number of nitrogens with one attached hydrogen (secondary N) is 1. The van der Waals surface area contributed by atoms with E-state index in [9.17, 15) is 13.2 Å². The molecule has 0 saturated carbocycles. The van der Waals surface area contributed by atoms with Gasteiger partial charge in [0.2, 0.25) is 10.0 Å². The predicted molar refractivity (Wildman–Crippen MR) is 127 cm³/mol. The maximum atomic E-state index is 13.1. The van der Waals surface area contributed by atoms with Crippen LogP contribution in [-0.4, -0.2) is 41.5 Å². The van der Waals surface area contributed by atoms with E-state index in [4.69, 9.17) is 11.6 Å². The fourth-order valence-corrected chi connectivity index (χ4v) is 5.26. The highest BCUT2D eigenvalue weighted by molar-refractivity contribution is 7.89. The van der Waals surface area contributed by atoms with Crippen LogP contribution < -0.4 is 5.32 Å². The molecule has 0 radical (unpaired) electrons. The second-order valence-electron chi connectivity index (χ2n) is 7.49. The zero-order valence-electron chi connectivity index (χ0n) is 18.8. The number of rotatable bonds is 7. The summed E-state index contributed by atoms with van der Waals surface area (Å²) in [6.07, 6.45) is 1.49. The number of sulfonamides is 1. The minimum absolute atomic E-state index is 0.158. The van der Waals surface area contributed by atoms with Gasteiger partial charge in [0.15, 0.2) is 0 Å². The molecule has 9 heteroatoms. The van der Waals surface area contributed by atoms with Crippen LogP contribution in [0.2, 0.25) is 5.02 Å². The van der Waals surface area contributed by atoms with Crippen LogP contribution in [0, 0.1) is 20.8 Å². The standard InChI is InChI=1S/C23H27ClN4O3S/c1-6-27(7-2)32(30,31)20-11-15(3)16(4)22(13-20)26-23(29)21-14-25-28(17(21)5)19-10-8-9-18(24)12-19/h8-14H,6-7H2,1-5H3,(H,26,29). The first-order valence-corrected chi connectivity index (χ1v) is 12.1. The summed E-state index contributed by atoms with van der Waals surface area (Å²) in [7, 11) is -3.65. The Morgan fingerprint density at radius 2 is 1.81 bits per heavy atom. The Kier molecular flexibility index (Phi) is 7.07. The van der Waals surface area contributed by atoms with E-state index in [1.165, 1.54) is 16.6 Å². The molecule has 0 atom stereocenters. The molecule has 0 saturated heterocycles. The van der Waals surface area contributed by atoms with Crippen LogP contribution in [0.5, 0.6) is 0 Å². The van der Waals surface area contributed by atoms with Gasteiger partial charge in [-0.1, -0.05) is 31.5 Å². The molecule has 0 aliphatic heterocycles. The quantitative estimate of drug-likeness (QED) is 0.536. The number of aryl methyl sites for hydroxylation is 1. The molecule has 0 spiro atoms. The number of carbonyl (C=O) groups excluding carboxylic acids is 1. The van der Waals surface area contributed by atoms with Gasteiger partial charge in [0.05, 0.1) is 28.0 Å². The molecule has 0 fully saturated rings. The molecule has 170 valence electrons. The van der Waals surface area contributed by atoms with Crippen molar-refractivity contribution in [3.8, 4) is 5.69 Å². The van der Waals surface area contributed by atoms with Crippen molar-refractivity contribution < 1.29 is 13.2 Å². The highest BCUT2D eigenvalue weighted by Crippen LogP contribution is 2.27. The third-order valence-corrected chi connectivity index (χ3v) is 7.80. The van der Waals surface area contributed by atoms with Crippen molar-refractivity contribution >= 4 is 33.2 Å². The van der Waals surface area contributed by atoms with E-state index >= 15 is 0 Å². The van der Waals surface area contributed by atoms with Crippen LogP contribution in [-0.2, 0) is 10.0 Å². The first-order chi connectivity index (χ1) is 15.1. The number of nitrogens with zero attached hydrogens (tertiary/aromatic N) is 3. The minimum atomic E-state index is -3.65. The first kappa shape index (κ1) is 24.0. The second kappa shape index (κ2) is 9.44. The first-order valence-electron chi connectivity index (χ1n) is 10.3. The van der Waals surface area contributed by atoms with Crippen LogP contribution in [0.3, 0.4) is 0 Å². The van der Waals surface area contributed by atoms with Gasteiger partial charge >= 0.3 is 0 Å². The molecule has 1 heterocycles. The van der Waals surface area contributed by atoms with Crippen LogP contribution in [0.1, 0.15) is 41.0 Å². The number of amides is 1. The topological polar surface area (TPSA) is 84.3 Å². The summed E-state index contributed by atoms with van der Waals surface area (Å²) < 4.78 is 29.0. The van der Waals surface area contributed by atoms with Gasteiger partial charge in [-0.3, -0.25) is 4.79 Å². The summed E-state index contributed by atoms with van der Waals surface area (Å²) in [6.45, 7) is 9.80. The molecule has 32 heavy (non-hydrogen) atoms. The summed E-state index contributed by atoms with van der Waals surface area (Å²) in [5.74, 6) is -0.365. The molecule has 1 amide bonds. The normalized spacial score (nSPS) is 11.7. The van der Waals surface area contributed by atoms with Gasteiger partial charge in [0, 0.05) is 23.8 Å². The lowest BCUT2D eigenvalue weighted by Gasteiger charge is -2.20. The Hall–Kier alpha value is -2.68. The zero-order valence-corrected chi connectivity index (χ0v) is 20.4.